The molecule has 4 rings (SSSR count). The SMILES string of the molecule is CCOC(=O)C(C)CCC1CCN(Cc2ccc3c(c2)N(COC)c2ccncc2S3)CC1. The molecule has 2 aromatic rings. The number of hydrogen-bond acceptors (Lipinski definition) is 7. The summed E-state index contributed by atoms with van der Waals surface area (Å²) in [6.07, 6.45) is 8.22. The van der Waals surface area contributed by atoms with Gasteiger partial charge in [0, 0.05) is 30.9 Å². The first kappa shape index (κ1) is 24.0. The molecule has 178 valence electrons. The van der Waals surface area contributed by atoms with E-state index in [1.54, 1.807) is 18.9 Å². The number of carbonyl (C=O) groups is 1. The number of hydrogen-bond donors (Lipinski definition) is 0. The van der Waals surface area contributed by atoms with Gasteiger partial charge in [-0.25, -0.2) is 0 Å². The fourth-order valence-corrected chi connectivity index (χ4v) is 5.77. The van der Waals surface area contributed by atoms with Crippen molar-refractivity contribution in [1.29, 1.82) is 0 Å². The van der Waals surface area contributed by atoms with Crippen LogP contribution >= 0.6 is 11.8 Å². The van der Waals surface area contributed by atoms with Crippen molar-refractivity contribution in [1.82, 2.24) is 9.88 Å². The molecule has 7 heteroatoms. The summed E-state index contributed by atoms with van der Waals surface area (Å²) in [5, 5.41) is 0. The maximum absolute atomic E-state index is 11.9. The lowest BCUT2D eigenvalue weighted by Crippen LogP contribution is -2.33. The summed E-state index contributed by atoms with van der Waals surface area (Å²) < 4.78 is 10.7. The molecule has 3 heterocycles. The second kappa shape index (κ2) is 11.4. The minimum atomic E-state index is -0.0538. The van der Waals surface area contributed by atoms with Crippen molar-refractivity contribution in [3.8, 4) is 0 Å². The van der Waals surface area contributed by atoms with Crippen LogP contribution in [0.3, 0.4) is 0 Å². The number of nitrogens with zero attached hydrogens (tertiary/aromatic N) is 3. The minimum absolute atomic E-state index is 0.00676. The highest BCUT2D eigenvalue weighted by molar-refractivity contribution is 7.99. The first-order valence-corrected chi connectivity index (χ1v) is 12.8. The first-order chi connectivity index (χ1) is 16.1. The zero-order valence-corrected chi connectivity index (χ0v) is 20.8. The van der Waals surface area contributed by atoms with Crippen LogP contribution in [0.4, 0.5) is 11.4 Å². The van der Waals surface area contributed by atoms with E-state index in [9.17, 15) is 4.79 Å². The molecule has 0 N–H and O–H groups in total. The second-order valence-electron chi connectivity index (χ2n) is 9.04. The van der Waals surface area contributed by atoms with Gasteiger partial charge in [0.2, 0.25) is 0 Å². The molecule has 0 saturated carbocycles. The van der Waals surface area contributed by atoms with E-state index < -0.39 is 0 Å². The number of likely N-dealkylation sites (tertiary alicyclic amines) is 1. The molecular formula is C26H35N3O3S. The molecule has 0 radical (unpaired) electrons. The van der Waals surface area contributed by atoms with Gasteiger partial charge in [-0.1, -0.05) is 24.8 Å². The third-order valence-electron chi connectivity index (χ3n) is 6.66. The number of rotatable bonds is 9. The Morgan fingerprint density at radius 1 is 1.21 bits per heavy atom. The van der Waals surface area contributed by atoms with Crippen LogP contribution in [0.2, 0.25) is 0 Å². The van der Waals surface area contributed by atoms with Gasteiger partial charge in [-0.05, 0) is 75.4 Å². The van der Waals surface area contributed by atoms with E-state index >= 15 is 0 Å². The molecule has 33 heavy (non-hydrogen) atoms. The fourth-order valence-electron chi connectivity index (χ4n) is 4.73. The highest BCUT2D eigenvalue weighted by Gasteiger charge is 2.25. The molecule has 1 aromatic carbocycles. The van der Waals surface area contributed by atoms with Gasteiger partial charge in [0.15, 0.2) is 0 Å². The van der Waals surface area contributed by atoms with Crippen molar-refractivity contribution in [2.75, 3.05) is 38.4 Å². The topological polar surface area (TPSA) is 54.9 Å². The second-order valence-corrected chi connectivity index (χ2v) is 10.1. The normalized spacial score (nSPS) is 17.4. The number of ether oxygens (including phenoxy) is 2. The van der Waals surface area contributed by atoms with Crippen LogP contribution < -0.4 is 4.90 Å². The summed E-state index contributed by atoms with van der Waals surface area (Å²) in [6, 6.07) is 8.87. The summed E-state index contributed by atoms with van der Waals surface area (Å²) in [6.45, 7) is 8.03. The molecule has 0 amide bonds. The Bertz CT molecular complexity index is 946. The maximum Gasteiger partial charge on any atom is 0.308 e. The molecule has 0 aliphatic carbocycles. The van der Waals surface area contributed by atoms with Crippen LogP contribution in [-0.2, 0) is 20.8 Å². The van der Waals surface area contributed by atoms with E-state index in [1.807, 2.05) is 26.2 Å². The molecule has 1 unspecified atom stereocenters. The average molecular weight is 470 g/mol. The Balaban J connectivity index is 1.33. The van der Waals surface area contributed by atoms with Gasteiger partial charge < -0.3 is 14.4 Å². The fraction of sp³-hybridized carbons (Fsp3) is 0.538. The van der Waals surface area contributed by atoms with Gasteiger partial charge in [-0.15, -0.1) is 0 Å². The molecule has 2 aliphatic rings. The Morgan fingerprint density at radius 2 is 2.03 bits per heavy atom. The number of esters is 1. The lowest BCUT2D eigenvalue weighted by atomic mass is 9.89. The van der Waals surface area contributed by atoms with Crippen molar-refractivity contribution in [2.45, 2.75) is 55.9 Å². The first-order valence-electron chi connectivity index (χ1n) is 12.0. The van der Waals surface area contributed by atoms with Crippen LogP contribution in [0.5, 0.6) is 0 Å². The van der Waals surface area contributed by atoms with Crippen molar-refractivity contribution in [2.24, 2.45) is 11.8 Å². The summed E-state index contributed by atoms with van der Waals surface area (Å²) in [7, 11) is 1.74. The van der Waals surface area contributed by atoms with E-state index in [2.05, 4.69) is 39.0 Å². The Labute approximate surface area is 201 Å². The largest absolute Gasteiger partial charge is 0.466 e. The van der Waals surface area contributed by atoms with Gasteiger partial charge in [-0.3, -0.25) is 14.7 Å². The monoisotopic (exact) mass is 469 g/mol. The van der Waals surface area contributed by atoms with Crippen molar-refractivity contribution < 1.29 is 14.3 Å². The average Bonchev–Trinajstić information content (AvgIpc) is 2.83. The Morgan fingerprint density at radius 3 is 2.79 bits per heavy atom. The van der Waals surface area contributed by atoms with Gasteiger partial charge in [0.1, 0.15) is 6.73 Å². The van der Waals surface area contributed by atoms with E-state index in [-0.39, 0.29) is 11.9 Å². The van der Waals surface area contributed by atoms with Crippen LogP contribution in [-0.4, -0.2) is 49.4 Å². The standard InChI is InChI=1S/C26H35N3O3S/c1-4-32-26(30)19(2)5-6-20-10-13-28(14-11-20)17-21-7-8-24-23(15-21)29(18-31-3)22-9-12-27-16-25(22)33-24/h7-9,12,15-16,19-20H,4-6,10-11,13-14,17-18H2,1-3H3. The molecule has 1 fully saturated rings. The number of fused-ring (bicyclic) bond motifs is 2. The van der Waals surface area contributed by atoms with Gasteiger partial charge in [-0.2, -0.15) is 0 Å². The molecule has 0 spiro atoms. The third kappa shape index (κ3) is 5.89. The summed E-state index contributed by atoms with van der Waals surface area (Å²) >= 11 is 1.77. The highest BCUT2D eigenvalue weighted by atomic mass is 32.2. The van der Waals surface area contributed by atoms with Gasteiger partial charge >= 0.3 is 5.97 Å². The van der Waals surface area contributed by atoms with Gasteiger partial charge in [0.05, 0.1) is 28.8 Å². The number of benzene rings is 1. The summed E-state index contributed by atoms with van der Waals surface area (Å²) in [4.78, 5) is 23.3. The van der Waals surface area contributed by atoms with Crippen LogP contribution in [0.15, 0.2) is 46.5 Å². The highest BCUT2D eigenvalue weighted by Crippen LogP contribution is 2.47. The van der Waals surface area contributed by atoms with E-state index in [4.69, 9.17) is 9.47 Å². The Kier molecular flexibility index (Phi) is 8.28. The van der Waals surface area contributed by atoms with E-state index in [0.29, 0.717) is 19.3 Å². The number of carbonyl (C=O) groups excluding carboxylic acids is 1. The van der Waals surface area contributed by atoms with E-state index in [1.165, 1.54) is 29.0 Å². The minimum Gasteiger partial charge on any atom is -0.466 e. The quantitative estimate of drug-likeness (QED) is 0.451. The lowest BCUT2D eigenvalue weighted by molar-refractivity contribution is -0.147. The summed E-state index contributed by atoms with van der Waals surface area (Å²) in [5.74, 6) is 0.662. The maximum atomic E-state index is 11.9. The molecule has 2 aliphatic heterocycles. The number of pyridine rings is 1. The van der Waals surface area contributed by atoms with Crippen LogP contribution in [0.25, 0.3) is 0 Å². The molecule has 6 nitrogen and oxygen atoms in total. The predicted octanol–water partition coefficient (Wildman–Crippen LogP) is 5.48. The van der Waals surface area contributed by atoms with Crippen molar-refractivity contribution in [3.63, 3.8) is 0 Å². The lowest BCUT2D eigenvalue weighted by Gasteiger charge is -2.34. The Hall–Kier alpha value is -2.09. The smallest absolute Gasteiger partial charge is 0.308 e. The number of aromatic nitrogens is 1. The zero-order chi connectivity index (χ0) is 23.2. The molecule has 1 saturated heterocycles. The number of anilines is 2. The molecular weight excluding hydrogens is 434 g/mol. The third-order valence-corrected chi connectivity index (χ3v) is 7.76. The number of piperidine rings is 1. The number of methoxy groups -OCH3 is 1. The van der Waals surface area contributed by atoms with Crippen LogP contribution in [0, 0.1) is 11.8 Å². The molecule has 1 atom stereocenters. The zero-order valence-electron chi connectivity index (χ0n) is 20.0. The van der Waals surface area contributed by atoms with Crippen molar-refractivity contribution in [3.05, 3.63) is 42.2 Å². The van der Waals surface area contributed by atoms with Crippen LogP contribution in [0.1, 0.15) is 45.1 Å². The summed E-state index contributed by atoms with van der Waals surface area (Å²) in [5.41, 5.74) is 3.70. The van der Waals surface area contributed by atoms with E-state index in [0.717, 1.165) is 43.1 Å². The molecule has 1 aromatic heterocycles. The molecule has 0 bridgehead atoms. The van der Waals surface area contributed by atoms with Gasteiger partial charge in [0.25, 0.3) is 0 Å². The predicted molar refractivity (Wildman–Crippen MR) is 132 cm³/mol. The van der Waals surface area contributed by atoms with Crippen molar-refractivity contribution >= 4 is 29.1 Å².